The number of imide groups is 1. The Kier molecular flexibility index (Phi) is 6.29. The smallest absolute Gasteiger partial charge is 0.321 e. The van der Waals surface area contributed by atoms with Crippen LogP contribution >= 0.6 is 23.4 Å². The van der Waals surface area contributed by atoms with Crippen molar-refractivity contribution >= 4 is 35.3 Å². The number of hydrogen-bond acceptors (Lipinski definition) is 5. The van der Waals surface area contributed by atoms with Crippen LogP contribution in [-0.2, 0) is 4.79 Å². The summed E-state index contributed by atoms with van der Waals surface area (Å²) in [4.78, 5) is 24.1. The van der Waals surface area contributed by atoms with Gasteiger partial charge in [0, 0.05) is 11.6 Å². The summed E-state index contributed by atoms with van der Waals surface area (Å²) in [5.41, 5.74) is 3.78. The van der Waals surface area contributed by atoms with Crippen LogP contribution < -0.4 is 10.6 Å². The Morgan fingerprint density at radius 2 is 1.94 bits per heavy atom. The first kappa shape index (κ1) is 21.4. The molecule has 0 saturated heterocycles. The quantitative estimate of drug-likeness (QED) is 0.541. The Bertz CT molecular complexity index is 1140. The van der Waals surface area contributed by atoms with Gasteiger partial charge in [-0.2, -0.15) is 0 Å². The summed E-state index contributed by atoms with van der Waals surface area (Å²) >= 11 is 7.65. The van der Waals surface area contributed by atoms with E-state index in [0.29, 0.717) is 16.0 Å². The van der Waals surface area contributed by atoms with E-state index in [-0.39, 0.29) is 11.8 Å². The number of amides is 3. The molecule has 1 aliphatic carbocycles. The van der Waals surface area contributed by atoms with E-state index in [1.165, 1.54) is 11.8 Å². The van der Waals surface area contributed by atoms with Crippen molar-refractivity contribution in [3.63, 3.8) is 0 Å². The molecule has 2 N–H and O–H groups in total. The Balaban J connectivity index is 1.63. The number of aryl methyl sites for hydroxylation is 2. The maximum absolute atomic E-state index is 12.3. The third kappa shape index (κ3) is 5.08. The van der Waals surface area contributed by atoms with Gasteiger partial charge in [-0.1, -0.05) is 47.6 Å². The van der Waals surface area contributed by atoms with Gasteiger partial charge < -0.3 is 5.32 Å². The molecule has 3 aromatic rings. The summed E-state index contributed by atoms with van der Waals surface area (Å²) in [6, 6.07) is 13.3. The highest BCUT2D eigenvalue weighted by Gasteiger charge is 2.24. The number of urea groups is 1. The summed E-state index contributed by atoms with van der Waals surface area (Å²) in [5, 5.41) is 14.9. The SMILES string of the molecule is Cc1ccc(C)c(-n2c(SCC(=O)NC(=O)NC3CC3)nnc2-c2ccccc2Cl)c1. The van der Waals surface area contributed by atoms with Crippen LogP contribution in [-0.4, -0.2) is 38.5 Å². The van der Waals surface area contributed by atoms with Crippen LogP contribution in [0.3, 0.4) is 0 Å². The highest BCUT2D eigenvalue weighted by atomic mass is 35.5. The summed E-state index contributed by atoms with van der Waals surface area (Å²) in [6.07, 6.45) is 1.92. The van der Waals surface area contributed by atoms with E-state index in [1.807, 2.05) is 54.8 Å². The number of benzene rings is 2. The van der Waals surface area contributed by atoms with E-state index < -0.39 is 11.9 Å². The fraction of sp³-hybridized carbons (Fsp3) is 0.273. The first-order chi connectivity index (χ1) is 14.9. The van der Waals surface area contributed by atoms with Crippen molar-refractivity contribution in [1.29, 1.82) is 0 Å². The molecule has 1 aromatic heterocycles. The number of hydrogen-bond donors (Lipinski definition) is 2. The Labute approximate surface area is 189 Å². The van der Waals surface area contributed by atoms with Gasteiger partial charge in [0.25, 0.3) is 0 Å². The van der Waals surface area contributed by atoms with Crippen LogP contribution in [0.4, 0.5) is 4.79 Å². The van der Waals surface area contributed by atoms with Crippen LogP contribution in [0.5, 0.6) is 0 Å². The fourth-order valence-corrected chi connectivity index (χ4v) is 4.06. The lowest BCUT2D eigenvalue weighted by Gasteiger charge is -2.14. The highest BCUT2D eigenvalue weighted by Crippen LogP contribution is 2.33. The van der Waals surface area contributed by atoms with Crippen molar-refractivity contribution < 1.29 is 9.59 Å². The Hall–Kier alpha value is -2.84. The molecule has 1 heterocycles. The normalized spacial score (nSPS) is 13.1. The van der Waals surface area contributed by atoms with Crippen molar-refractivity contribution in [3.05, 3.63) is 58.6 Å². The van der Waals surface area contributed by atoms with Gasteiger partial charge in [0.2, 0.25) is 5.91 Å². The molecule has 4 rings (SSSR count). The van der Waals surface area contributed by atoms with Crippen molar-refractivity contribution in [1.82, 2.24) is 25.4 Å². The lowest BCUT2D eigenvalue weighted by Crippen LogP contribution is -2.41. The van der Waals surface area contributed by atoms with Crippen molar-refractivity contribution in [2.24, 2.45) is 0 Å². The number of nitrogens with zero attached hydrogens (tertiary/aromatic N) is 3. The molecule has 31 heavy (non-hydrogen) atoms. The lowest BCUT2D eigenvalue weighted by atomic mass is 10.1. The first-order valence-corrected chi connectivity index (χ1v) is 11.3. The van der Waals surface area contributed by atoms with Gasteiger partial charge in [-0.05, 0) is 56.0 Å². The molecule has 0 radical (unpaired) electrons. The minimum atomic E-state index is -0.458. The maximum Gasteiger partial charge on any atom is 0.321 e. The molecule has 160 valence electrons. The fourth-order valence-electron chi connectivity index (χ4n) is 3.10. The van der Waals surface area contributed by atoms with Gasteiger partial charge in [-0.15, -0.1) is 10.2 Å². The van der Waals surface area contributed by atoms with Gasteiger partial charge >= 0.3 is 6.03 Å². The molecule has 0 unspecified atom stereocenters. The number of nitrogens with one attached hydrogen (secondary N) is 2. The van der Waals surface area contributed by atoms with Crippen LogP contribution in [0.1, 0.15) is 24.0 Å². The molecule has 0 spiro atoms. The summed E-state index contributed by atoms with van der Waals surface area (Å²) in [7, 11) is 0. The summed E-state index contributed by atoms with van der Waals surface area (Å²) in [6.45, 7) is 4.02. The summed E-state index contributed by atoms with van der Waals surface area (Å²) < 4.78 is 1.91. The van der Waals surface area contributed by atoms with E-state index in [0.717, 1.165) is 35.2 Å². The van der Waals surface area contributed by atoms with E-state index in [9.17, 15) is 9.59 Å². The average Bonchev–Trinajstić information content (AvgIpc) is 3.44. The van der Waals surface area contributed by atoms with Crippen LogP contribution in [0, 0.1) is 13.8 Å². The lowest BCUT2D eigenvalue weighted by molar-refractivity contribution is -0.117. The molecule has 9 heteroatoms. The third-order valence-electron chi connectivity index (χ3n) is 4.85. The Morgan fingerprint density at radius 1 is 1.16 bits per heavy atom. The zero-order valence-corrected chi connectivity index (χ0v) is 18.8. The largest absolute Gasteiger partial charge is 0.335 e. The van der Waals surface area contributed by atoms with Crippen LogP contribution in [0.25, 0.3) is 17.1 Å². The minimum Gasteiger partial charge on any atom is -0.335 e. The standard InChI is InChI=1S/C22H22ClN5O2S/c1-13-7-8-14(2)18(11-13)28-20(16-5-3-4-6-17(16)23)26-27-22(28)31-12-19(29)25-21(30)24-15-9-10-15/h3-8,11,15H,9-10,12H2,1-2H3,(H2,24,25,29,30). The van der Waals surface area contributed by atoms with Gasteiger partial charge in [0.15, 0.2) is 11.0 Å². The van der Waals surface area contributed by atoms with E-state index in [1.54, 1.807) is 6.07 Å². The third-order valence-corrected chi connectivity index (χ3v) is 6.11. The molecule has 1 saturated carbocycles. The number of rotatable bonds is 6. The monoisotopic (exact) mass is 455 g/mol. The second-order valence-electron chi connectivity index (χ2n) is 7.50. The van der Waals surface area contributed by atoms with Crippen molar-refractivity contribution in [2.75, 3.05) is 5.75 Å². The minimum absolute atomic E-state index is 0.0314. The zero-order chi connectivity index (χ0) is 22.0. The zero-order valence-electron chi connectivity index (χ0n) is 17.2. The molecule has 1 aliphatic rings. The molecular weight excluding hydrogens is 434 g/mol. The number of aromatic nitrogens is 3. The van der Waals surface area contributed by atoms with E-state index >= 15 is 0 Å². The molecule has 7 nitrogen and oxygen atoms in total. The topological polar surface area (TPSA) is 88.9 Å². The second kappa shape index (κ2) is 9.11. The predicted octanol–water partition coefficient (Wildman–Crippen LogP) is 4.28. The van der Waals surface area contributed by atoms with Crippen LogP contribution in [0.15, 0.2) is 47.6 Å². The molecule has 1 fully saturated rings. The molecule has 0 bridgehead atoms. The number of halogens is 1. The maximum atomic E-state index is 12.3. The van der Waals surface area contributed by atoms with Gasteiger partial charge in [-0.25, -0.2) is 4.79 Å². The highest BCUT2D eigenvalue weighted by molar-refractivity contribution is 7.99. The molecule has 3 amide bonds. The van der Waals surface area contributed by atoms with Crippen LogP contribution in [0.2, 0.25) is 5.02 Å². The molecule has 0 atom stereocenters. The van der Waals surface area contributed by atoms with E-state index in [2.05, 4.69) is 20.8 Å². The van der Waals surface area contributed by atoms with Crippen molar-refractivity contribution in [3.8, 4) is 17.1 Å². The van der Waals surface area contributed by atoms with Crippen molar-refractivity contribution in [2.45, 2.75) is 37.9 Å². The Morgan fingerprint density at radius 3 is 2.68 bits per heavy atom. The second-order valence-corrected chi connectivity index (χ2v) is 8.85. The number of thioether (sulfide) groups is 1. The van der Waals surface area contributed by atoms with E-state index in [4.69, 9.17) is 11.6 Å². The van der Waals surface area contributed by atoms with Gasteiger partial charge in [-0.3, -0.25) is 14.7 Å². The molecule has 0 aliphatic heterocycles. The molecular formula is C22H22ClN5O2S. The number of carbonyl (C=O) groups is 2. The predicted molar refractivity (Wildman–Crippen MR) is 122 cm³/mol. The van der Waals surface area contributed by atoms with Gasteiger partial charge in [0.05, 0.1) is 16.5 Å². The number of carbonyl (C=O) groups excluding carboxylic acids is 2. The summed E-state index contributed by atoms with van der Waals surface area (Å²) in [5.74, 6) is 0.232. The van der Waals surface area contributed by atoms with Gasteiger partial charge in [0.1, 0.15) is 0 Å². The average molecular weight is 456 g/mol. The molecule has 2 aromatic carbocycles. The first-order valence-electron chi connectivity index (χ1n) is 9.93.